The Morgan fingerprint density at radius 2 is 1.97 bits per heavy atom. The minimum atomic E-state index is -0.246. The lowest BCUT2D eigenvalue weighted by molar-refractivity contribution is -0.121. The topological polar surface area (TPSA) is 106 Å². The summed E-state index contributed by atoms with van der Waals surface area (Å²) in [7, 11) is 0. The molecule has 1 aliphatic heterocycles. The predicted octanol–water partition coefficient (Wildman–Crippen LogP) is 4.34. The van der Waals surface area contributed by atoms with Crippen molar-refractivity contribution >= 4 is 28.9 Å². The standard InChI is InChI=1S/C24H30N4O3/c1-3-4-5-6-13-31-19-10-7-17(8-11-19)24(30)26-21-12-9-18(15-20(21)25)23-16(2)14-22(29)27-28-23/h7-12,15-16H,3-6,13-14,25H2,1-2H3,(H,26,30)(H,27,29). The van der Waals surface area contributed by atoms with E-state index in [-0.39, 0.29) is 17.7 Å². The average Bonchev–Trinajstić information content (AvgIpc) is 2.75. The van der Waals surface area contributed by atoms with Crippen LogP contribution in [0.3, 0.4) is 0 Å². The van der Waals surface area contributed by atoms with Gasteiger partial charge in [0, 0.05) is 23.5 Å². The summed E-state index contributed by atoms with van der Waals surface area (Å²) in [6.07, 6.45) is 5.00. The van der Waals surface area contributed by atoms with Gasteiger partial charge in [-0.25, -0.2) is 5.43 Å². The van der Waals surface area contributed by atoms with E-state index in [1.807, 2.05) is 13.0 Å². The number of nitrogens with two attached hydrogens (primary N) is 1. The van der Waals surface area contributed by atoms with Crippen molar-refractivity contribution in [2.75, 3.05) is 17.7 Å². The minimum Gasteiger partial charge on any atom is -0.494 e. The van der Waals surface area contributed by atoms with Gasteiger partial charge in [0.15, 0.2) is 0 Å². The van der Waals surface area contributed by atoms with Gasteiger partial charge < -0.3 is 15.8 Å². The number of nitrogens with one attached hydrogen (secondary N) is 2. The highest BCUT2D eigenvalue weighted by Gasteiger charge is 2.22. The molecule has 0 aliphatic carbocycles. The summed E-state index contributed by atoms with van der Waals surface area (Å²) in [5.74, 6) is 0.415. The van der Waals surface area contributed by atoms with E-state index in [2.05, 4.69) is 22.8 Å². The number of rotatable bonds is 9. The molecule has 2 aromatic carbocycles. The van der Waals surface area contributed by atoms with E-state index in [4.69, 9.17) is 10.5 Å². The highest BCUT2D eigenvalue weighted by atomic mass is 16.5. The van der Waals surface area contributed by atoms with E-state index in [1.165, 1.54) is 12.8 Å². The number of hydrazone groups is 1. The molecule has 31 heavy (non-hydrogen) atoms. The highest BCUT2D eigenvalue weighted by Crippen LogP contribution is 2.25. The fourth-order valence-electron chi connectivity index (χ4n) is 3.45. The van der Waals surface area contributed by atoms with E-state index >= 15 is 0 Å². The normalized spacial score (nSPS) is 15.7. The van der Waals surface area contributed by atoms with Gasteiger partial charge in [0.05, 0.1) is 23.7 Å². The van der Waals surface area contributed by atoms with Crippen LogP contribution in [-0.2, 0) is 4.79 Å². The number of carbonyl (C=O) groups is 2. The molecule has 0 saturated heterocycles. The molecule has 2 amide bonds. The third-order valence-electron chi connectivity index (χ3n) is 5.24. The van der Waals surface area contributed by atoms with Crippen molar-refractivity contribution in [3.63, 3.8) is 0 Å². The summed E-state index contributed by atoms with van der Waals surface area (Å²) in [6.45, 7) is 4.81. The molecule has 1 unspecified atom stereocenters. The fraction of sp³-hybridized carbons (Fsp3) is 0.375. The van der Waals surface area contributed by atoms with Crippen LogP contribution in [0.2, 0.25) is 0 Å². The van der Waals surface area contributed by atoms with E-state index in [0.717, 1.165) is 29.9 Å². The van der Waals surface area contributed by atoms with Crippen LogP contribution >= 0.6 is 0 Å². The van der Waals surface area contributed by atoms with Crippen LogP contribution in [-0.4, -0.2) is 24.1 Å². The van der Waals surface area contributed by atoms with Gasteiger partial charge in [-0.05, 0) is 42.8 Å². The molecular formula is C24H30N4O3. The van der Waals surface area contributed by atoms with Gasteiger partial charge in [-0.3, -0.25) is 9.59 Å². The number of nitrogen functional groups attached to an aromatic ring is 1. The Morgan fingerprint density at radius 1 is 1.19 bits per heavy atom. The Bertz CT molecular complexity index is 954. The molecule has 7 heteroatoms. The number of amides is 2. The average molecular weight is 423 g/mol. The molecule has 0 aromatic heterocycles. The van der Waals surface area contributed by atoms with E-state index in [1.54, 1.807) is 36.4 Å². The Hall–Kier alpha value is -3.35. The van der Waals surface area contributed by atoms with E-state index < -0.39 is 0 Å². The zero-order valence-corrected chi connectivity index (χ0v) is 18.1. The summed E-state index contributed by atoms with van der Waals surface area (Å²) in [4.78, 5) is 24.0. The second-order valence-corrected chi connectivity index (χ2v) is 7.83. The van der Waals surface area contributed by atoms with Crippen LogP contribution < -0.4 is 21.2 Å². The van der Waals surface area contributed by atoms with Crippen LogP contribution in [0.1, 0.15) is 61.9 Å². The molecule has 2 aromatic rings. The van der Waals surface area contributed by atoms with Crippen molar-refractivity contribution in [1.29, 1.82) is 0 Å². The Balaban J connectivity index is 1.59. The molecule has 0 saturated carbocycles. The van der Waals surface area contributed by atoms with Gasteiger partial charge in [0.2, 0.25) is 5.91 Å². The van der Waals surface area contributed by atoms with Crippen LogP contribution in [0.4, 0.5) is 11.4 Å². The molecule has 3 rings (SSSR count). The first-order chi connectivity index (χ1) is 15.0. The molecule has 1 aliphatic rings. The minimum absolute atomic E-state index is 0.000898. The van der Waals surface area contributed by atoms with Crippen molar-refractivity contribution < 1.29 is 14.3 Å². The summed E-state index contributed by atoms with van der Waals surface area (Å²) in [5.41, 5.74) is 11.7. The molecule has 1 heterocycles. The first-order valence-electron chi connectivity index (χ1n) is 10.8. The van der Waals surface area contributed by atoms with Crippen LogP contribution in [0.5, 0.6) is 5.75 Å². The van der Waals surface area contributed by atoms with Crippen LogP contribution in [0.15, 0.2) is 47.6 Å². The Labute approximate surface area is 183 Å². The van der Waals surface area contributed by atoms with Crippen molar-refractivity contribution in [1.82, 2.24) is 5.43 Å². The lowest BCUT2D eigenvalue weighted by Gasteiger charge is -2.20. The molecule has 0 spiro atoms. The molecule has 1 atom stereocenters. The smallest absolute Gasteiger partial charge is 0.255 e. The number of ether oxygens (including phenoxy) is 1. The Morgan fingerprint density at radius 3 is 2.65 bits per heavy atom. The maximum atomic E-state index is 12.6. The summed E-state index contributed by atoms with van der Waals surface area (Å²) in [6, 6.07) is 12.4. The van der Waals surface area contributed by atoms with Gasteiger partial charge in [-0.1, -0.05) is 39.2 Å². The molecule has 4 N–H and O–H groups in total. The molecule has 0 fully saturated rings. The van der Waals surface area contributed by atoms with Crippen molar-refractivity contribution in [3.05, 3.63) is 53.6 Å². The third-order valence-corrected chi connectivity index (χ3v) is 5.24. The lowest BCUT2D eigenvalue weighted by atomic mass is 9.93. The maximum absolute atomic E-state index is 12.6. The SMILES string of the molecule is CCCCCCOc1ccc(C(=O)Nc2ccc(C3=NNC(=O)CC3C)cc2N)cc1. The van der Waals surface area contributed by atoms with Crippen molar-refractivity contribution in [2.45, 2.75) is 46.0 Å². The second-order valence-electron chi connectivity index (χ2n) is 7.83. The predicted molar refractivity (Wildman–Crippen MR) is 123 cm³/mol. The van der Waals surface area contributed by atoms with E-state index in [9.17, 15) is 9.59 Å². The quantitative estimate of drug-likeness (QED) is 0.413. The van der Waals surface area contributed by atoms with Crippen LogP contribution in [0, 0.1) is 5.92 Å². The number of unbranched alkanes of at least 4 members (excludes halogenated alkanes) is 3. The van der Waals surface area contributed by atoms with Crippen LogP contribution in [0.25, 0.3) is 0 Å². The molecule has 164 valence electrons. The highest BCUT2D eigenvalue weighted by molar-refractivity contribution is 6.08. The molecule has 7 nitrogen and oxygen atoms in total. The van der Waals surface area contributed by atoms with Crippen molar-refractivity contribution in [3.8, 4) is 5.75 Å². The maximum Gasteiger partial charge on any atom is 0.255 e. The Kier molecular flexibility index (Phi) is 7.65. The summed E-state index contributed by atoms with van der Waals surface area (Å²) >= 11 is 0. The number of carbonyl (C=O) groups excluding carboxylic acids is 2. The number of nitrogens with zero attached hydrogens (tertiary/aromatic N) is 1. The van der Waals surface area contributed by atoms with E-state index in [0.29, 0.717) is 30.0 Å². The largest absolute Gasteiger partial charge is 0.494 e. The number of benzene rings is 2. The monoisotopic (exact) mass is 422 g/mol. The van der Waals surface area contributed by atoms with Crippen molar-refractivity contribution in [2.24, 2.45) is 11.0 Å². The molecule has 0 radical (unpaired) electrons. The summed E-state index contributed by atoms with van der Waals surface area (Å²) < 4.78 is 5.72. The fourth-order valence-corrected chi connectivity index (χ4v) is 3.45. The number of hydrogen-bond acceptors (Lipinski definition) is 5. The van der Waals surface area contributed by atoms with Gasteiger partial charge in [-0.2, -0.15) is 5.10 Å². The van der Waals surface area contributed by atoms with Gasteiger partial charge in [0.25, 0.3) is 5.91 Å². The second kappa shape index (κ2) is 10.6. The first kappa shape index (κ1) is 22.3. The van der Waals surface area contributed by atoms with Gasteiger partial charge in [0.1, 0.15) is 5.75 Å². The first-order valence-corrected chi connectivity index (χ1v) is 10.8. The number of anilines is 2. The number of hydrogen-bond donors (Lipinski definition) is 3. The molecule has 0 bridgehead atoms. The molecular weight excluding hydrogens is 392 g/mol. The van der Waals surface area contributed by atoms with Gasteiger partial charge >= 0.3 is 0 Å². The van der Waals surface area contributed by atoms with Gasteiger partial charge in [-0.15, -0.1) is 0 Å². The zero-order chi connectivity index (χ0) is 22.2. The zero-order valence-electron chi connectivity index (χ0n) is 18.1. The summed E-state index contributed by atoms with van der Waals surface area (Å²) in [5, 5.41) is 6.99. The lowest BCUT2D eigenvalue weighted by Crippen LogP contribution is -2.32. The third kappa shape index (κ3) is 6.07.